The standard InChI is InChI=1S/C9H10BrN3/c1-11-7-5-3-4-6-8(7)13(2)12-9(6)10/h3-5,11H,1-2H3. The Bertz CT molecular complexity index is 447. The summed E-state index contributed by atoms with van der Waals surface area (Å²) in [6, 6.07) is 6.10. The Balaban J connectivity index is 2.88. The van der Waals surface area contributed by atoms with E-state index in [1.165, 1.54) is 0 Å². The van der Waals surface area contributed by atoms with Crippen LogP contribution in [0, 0.1) is 0 Å². The average molecular weight is 240 g/mol. The van der Waals surface area contributed by atoms with Gasteiger partial charge in [-0.25, -0.2) is 0 Å². The van der Waals surface area contributed by atoms with Crippen LogP contribution in [0.5, 0.6) is 0 Å². The summed E-state index contributed by atoms with van der Waals surface area (Å²) in [6.45, 7) is 0. The molecule has 0 aliphatic carbocycles. The van der Waals surface area contributed by atoms with E-state index in [1.807, 2.05) is 37.0 Å². The summed E-state index contributed by atoms with van der Waals surface area (Å²) < 4.78 is 2.76. The molecule has 0 spiro atoms. The number of rotatable bonds is 1. The van der Waals surface area contributed by atoms with E-state index in [4.69, 9.17) is 0 Å². The van der Waals surface area contributed by atoms with Crippen LogP contribution in [0.15, 0.2) is 22.8 Å². The lowest BCUT2D eigenvalue weighted by atomic mass is 10.2. The first-order valence-corrected chi connectivity index (χ1v) is 4.82. The highest BCUT2D eigenvalue weighted by molar-refractivity contribution is 9.10. The minimum absolute atomic E-state index is 0.891. The molecule has 1 aromatic carbocycles. The van der Waals surface area contributed by atoms with Gasteiger partial charge in [-0.3, -0.25) is 4.68 Å². The van der Waals surface area contributed by atoms with Gasteiger partial charge in [-0.15, -0.1) is 0 Å². The van der Waals surface area contributed by atoms with Gasteiger partial charge in [-0.2, -0.15) is 5.10 Å². The molecular formula is C9H10BrN3. The van der Waals surface area contributed by atoms with Crippen LogP contribution < -0.4 is 5.32 Å². The first kappa shape index (κ1) is 8.56. The molecule has 0 aliphatic heterocycles. The second kappa shape index (κ2) is 3.03. The van der Waals surface area contributed by atoms with E-state index >= 15 is 0 Å². The van der Waals surface area contributed by atoms with Crippen molar-refractivity contribution in [3.05, 3.63) is 22.8 Å². The van der Waals surface area contributed by atoms with Gasteiger partial charge < -0.3 is 5.32 Å². The molecule has 1 heterocycles. The largest absolute Gasteiger partial charge is 0.386 e. The highest BCUT2D eigenvalue weighted by Crippen LogP contribution is 2.27. The number of aryl methyl sites for hydroxylation is 1. The molecule has 0 radical (unpaired) electrons. The van der Waals surface area contributed by atoms with Gasteiger partial charge in [0.05, 0.1) is 11.2 Å². The fraction of sp³-hybridized carbons (Fsp3) is 0.222. The van der Waals surface area contributed by atoms with Crippen molar-refractivity contribution in [3.63, 3.8) is 0 Å². The lowest BCUT2D eigenvalue weighted by Gasteiger charge is -2.02. The predicted octanol–water partition coefficient (Wildman–Crippen LogP) is 2.38. The van der Waals surface area contributed by atoms with Crippen molar-refractivity contribution in [1.82, 2.24) is 9.78 Å². The van der Waals surface area contributed by atoms with Crippen molar-refractivity contribution in [2.24, 2.45) is 7.05 Å². The number of nitrogens with zero attached hydrogens (tertiary/aromatic N) is 2. The number of para-hydroxylation sites is 1. The summed E-state index contributed by atoms with van der Waals surface area (Å²) >= 11 is 3.42. The summed E-state index contributed by atoms with van der Waals surface area (Å²) in [5, 5.41) is 8.57. The summed E-state index contributed by atoms with van der Waals surface area (Å²) in [4.78, 5) is 0. The van der Waals surface area contributed by atoms with Crippen molar-refractivity contribution < 1.29 is 0 Å². The van der Waals surface area contributed by atoms with Crippen LogP contribution in [0.3, 0.4) is 0 Å². The zero-order valence-corrected chi connectivity index (χ0v) is 9.09. The minimum Gasteiger partial charge on any atom is -0.386 e. The second-order valence-corrected chi connectivity index (χ2v) is 3.62. The molecule has 0 saturated heterocycles. The zero-order chi connectivity index (χ0) is 9.42. The fourth-order valence-electron chi connectivity index (χ4n) is 1.50. The van der Waals surface area contributed by atoms with Crippen molar-refractivity contribution in [2.45, 2.75) is 0 Å². The first-order valence-electron chi connectivity index (χ1n) is 4.03. The Morgan fingerprint density at radius 3 is 2.92 bits per heavy atom. The van der Waals surface area contributed by atoms with E-state index in [2.05, 4.69) is 26.3 Å². The van der Waals surface area contributed by atoms with Crippen molar-refractivity contribution >= 4 is 32.5 Å². The predicted molar refractivity (Wildman–Crippen MR) is 58.0 cm³/mol. The highest BCUT2D eigenvalue weighted by atomic mass is 79.9. The number of fused-ring (bicyclic) bond motifs is 1. The second-order valence-electron chi connectivity index (χ2n) is 2.87. The molecule has 13 heavy (non-hydrogen) atoms. The number of nitrogens with one attached hydrogen (secondary N) is 1. The van der Waals surface area contributed by atoms with E-state index < -0.39 is 0 Å². The molecule has 0 fully saturated rings. The van der Waals surface area contributed by atoms with Gasteiger partial charge in [0, 0.05) is 19.5 Å². The monoisotopic (exact) mass is 239 g/mol. The highest BCUT2D eigenvalue weighted by Gasteiger charge is 2.08. The van der Waals surface area contributed by atoms with Crippen molar-refractivity contribution in [3.8, 4) is 0 Å². The number of anilines is 1. The third-order valence-corrected chi connectivity index (χ3v) is 2.67. The Hall–Kier alpha value is -1.03. The van der Waals surface area contributed by atoms with Crippen LogP contribution >= 0.6 is 15.9 Å². The Kier molecular flexibility index (Phi) is 2.00. The Morgan fingerprint density at radius 1 is 1.46 bits per heavy atom. The van der Waals surface area contributed by atoms with Gasteiger partial charge in [0.2, 0.25) is 0 Å². The van der Waals surface area contributed by atoms with E-state index in [-0.39, 0.29) is 0 Å². The van der Waals surface area contributed by atoms with Crippen LogP contribution in [-0.4, -0.2) is 16.8 Å². The molecule has 0 atom stereocenters. The molecule has 0 saturated carbocycles. The van der Waals surface area contributed by atoms with E-state index in [0.717, 1.165) is 21.2 Å². The molecule has 0 bridgehead atoms. The summed E-state index contributed by atoms with van der Waals surface area (Å²) in [5.41, 5.74) is 2.22. The van der Waals surface area contributed by atoms with Crippen molar-refractivity contribution in [2.75, 3.05) is 12.4 Å². The molecule has 2 aromatic rings. The molecular weight excluding hydrogens is 230 g/mol. The lowest BCUT2D eigenvalue weighted by molar-refractivity contribution is 0.789. The van der Waals surface area contributed by atoms with Crippen LogP contribution in [0.4, 0.5) is 5.69 Å². The molecule has 0 amide bonds. The summed E-state index contributed by atoms with van der Waals surface area (Å²) in [5.74, 6) is 0. The van der Waals surface area contributed by atoms with Gasteiger partial charge in [0.25, 0.3) is 0 Å². The molecule has 4 heteroatoms. The number of benzene rings is 1. The van der Waals surface area contributed by atoms with Gasteiger partial charge in [0.15, 0.2) is 0 Å². The van der Waals surface area contributed by atoms with E-state index in [0.29, 0.717) is 0 Å². The quantitative estimate of drug-likeness (QED) is 0.829. The Labute approximate surface area is 84.9 Å². The number of halogens is 1. The normalized spacial score (nSPS) is 10.7. The first-order chi connectivity index (χ1) is 6.24. The van der Waals surface area contributed by atoms with Crippen LogP contribution in [-0.2, 0) is 7.05 Å². The molecule has 0 unspecified atom stereocenters. The van der Waals surface area contributed by atoms with Crippen LogP contribution in [0.1, 0.15) is 0 Å². The molecule has 0 aliphatic rings. The summed E-state index contributed by atoms with van der Waals surface area (Å²) in [6.07, 6.45) is 0. The van der Waals surface area contributed by atoms with Gasteiger partial charge in [0.1, 0.15) is 4.60 Å². The zero-order valence-electron chi connectivity index (χ0n) is 7.50. The number of hydrogen-bond donors (Lipinski definition) is 1. The number of hydrogen-bond acceptors (Lipinski definition) is 2. The molecule has 3 nitrogen and oxygen atoms in total. The SMILES string of the molecule is CNc1cccc2c(Br)nn(C)c12. The lowest BCUT2D eigenvalue weighted by Crippen LogP contribution is -1.94. The molecule has 1 N–H and O–H groups in total. The van der Waals surface area contributed by atoms with Crippen LogP contribution in [0.25, 0.3) is 10.9 Å². The fourth-order valence-corrected chi connectivity index (χ4v) is 2.05. The third-order valence-electron chi connectivity index (χ3n) is 2.09. The molecule has 1 aromatic heterocycles. The van der Waals surface area contributed by atoms with Crippen molar-refractivity contribution in [1.29, 1.82) is 0 Å². The average Bonchev–Trinajstić information content (AvgIpc) is 2.43. The maximum Gasteiger partial charge on any atom is 0.136 e. The summed E-state index contributed by atoms with van der Waals surface area (Å²) in [7, 11) is 3.85. The maximum atomic E-state index is 4.29. The maximum absolute atomic E-state index is 4.29. The molecule has 2 rings (SSSR count). The van der Waals surface area contributed by atoms with E-state index in [9.17, 15) is 0 Å². The minimum atomic E-state index is 0.891. The number of aromatic nitrogens is 2. The van der Waals surface area contributed by atoms with Gasteiger partial charge in [-0.1, -0.05) is 6.07 Å². The Morgan fingerprint density at radius 2 is 2.23 bits per heavy atom. The van der Waals surface area contributed by atoms with Crippen LogP contribution in [0.2, 0.25) is 0 Å². The smallest absolute Gasteiger partial charge is 0.136 e. The molecule has 68 valence electrons. The van der Waals surface area contributed by atoms with Gasteiger partial charge in [-0.05, 0) is 28.1 Å². The van der Waals surface area contributed by atoms with E-state index in [1.54, 1.807) is 0 Å². The topological polar surface area (TPSA) is 29.9 Å². The van der Waals surface area contributed by atoms with Gasteiger partial charge >= 0.3 is 0 Å². The third kappa shape index (κ3) is 1.21.